The van der Waals surface area contributed by atoms with Crippen molar-refractivity contribution in [2.24, 2.45) is 5.73 Å². The lowest BCUT2D eigenvalue weighted by Crippen LogP contribution is -2.05. The lowest BCUT2D eigenvalue weighted by atomic mass is 10.2. The van der Waals surface area contributed by atoms with Crippen LogP contribution in [-0.4, -0.2) is 23.0 Å². The van der Waals surface area contributed by atoms with E-state index in [-0.39, 0.29) is 6.04 Å². The van der Waals surface area contributed by atoms with E-state index in [0.717, 1.165) is 31.7 Å². The van der Waals surface area contributed by atoms with Gasteiger partial charge in [-0.25, -0.2) is 0 Å². The van der Waals surface area contributed by atoms with E-state index >= 15 is 0 Å². The van der Waals surface area contributed by atoms with Gasteiger partial charge >= 0.3 is 0 Å². The zero-order valence-corrected chi connectivity index (χ0v) is 8.94. The Morgan fingerprint density at radius 2 is 2.43 bits per heavy atom. The fourth-order valence-electron chi connectivity index (χ4n) is 1.21. The van der Waals surface area contributed by atoms with E-state index in [0.29, 0.717) is 0 Å². The van der Waals surface area contributed by atoms with Crippen LogP contribution in [0.5, 0.6) is 0 Å². The Bertz CT molecular complexity index is 258. The fourth-order valence-corrected chi connectivity index (χ4v) is 1.21. The van der Waals surface area contributed by atoms with Crippen LogP contribution in [0.3, 0.4) is 0 Å². The molecule has 0 fully saturated rings. The van der Waals surface area contributed by atoms with Crippen molar-refractivity contribution in [2.45, 2.75) is 32.9 Å². The molecule has 0 saturated carbocycles. The summed E-state index contributed by atoms with van der Waals surface area (Å²) in [6.45, 7) is 6.43. The maximum Gasteiger partial charge on any atom is 0.0537 e. The van der Waals surface area contributed by atoms with Gasteiger partial charge in [0, 0.05) is 37.6 Å². The van der Waals surface area contributed by atoms with Gasteiger partial charge in [-0.3, -0.25) is 4.68 Å². The molecule has 80 valence electrons. The first-order valence-corrected chi connectivity index (χ1v) is 5.09. The fraction of sp³-hybridized carbons (Fsp3) is 0.700. The number of nitrogens with two attached hydrogens (primary N) is 1. The standard InChI is InChI=1S/C10H19N3O/c1-3-14-6-4-5-13-8-10(7-12-13)9(2)11/h7-9H,3-6,11H2,1-2H3. The summed E-state index contributed by atoms with van der Waals surface area (Å²) < 4.78 is 7.16. The summed E-state index contributed by atoms with van der Waals surface area (Å²) in [5.41, 5.74) is 6.81. The molecule has 4 nitrogen and oxygen atoms in total. The summed E-state index contributed by atoms with van der Waals surface area (Å²) in [6, 6.07) is 0.0654. The van der Waals surface area contributed by atoms with Gasteiger partial charge < -0.3 is 10.5 Å². The van der Waals surface area contributed by atoms with Gasteiger partial charge in [-0.05, 0) is 20.3 Å². The van der Waals surface area contributed by atoms with Crippen molar-refractivity contribution in [3.05, 3.63) is 18.0 Å². The first kappa shape index (κ1) is 11.2. The summed E-state index contributed by atoms with van der Waals surface area (Å²) in [5, 5.41) is 4.22. The Morgan fingerprint density at radius 3 is 3.00 bits per heavy atom. The zero-order valence-electron chi connectivity index (χ0n) is 8.94. The summed E-state index contributed by atoms with van der Waals surface area (Å²) in [6.07, 6.45) is 4.82. The number of ether oxygens (including phenoxy) is 1. The lowest BCUT2D eigenvalue weighted by Gasteiger charge is -2.02. The second-order valence-electron chi connectivity index (χ2n) is 3.38. The maximum atomic E-state index is 5.73. The molecule has 0 aliphatic heterocycles. The second-order valence-corrected chi connectivity index (χ2v) is 3.38. The number of aryl methyl sites for hydroxylation is 1. The van der Waals surface area contributed by atoms with Crippen LogP contribution in [0.1, 0.15) is 31.9 Å². The van der Waals surface area contributed by atoms with Crippen molar-refractivity contribution in [3.63, 3.8) is 0 Å². The van der Waals surface area contributed by atoms with Gasteiger partial charge in [0.15, 0.2) is 0 Å². The Kier molecular flexibility index (Phi) is 4.62. The molecule has 1 heterocycles. The molecule has 0 amide bonds. The SMILES string of the molecule is CCOCCCn1cc(C(C)N)cn1. The number of rotatable bonds is 6. The van der Waals surface area contributed by atoms with Crippen molar-refractivity contribution >= 4 is 0 Å². The molecule has 1 rings (SSSR count). The van der Waals surface area contributed by atoms with Crippen molar-refractivity contribution < 1.29 is 4.74 Å². The Labute approximate surface area is 85.0 Å². The molecule has 0 aliphatic carbocycles. The van der Waals surface area contributed by atoms with E-state index in [4.69, 9.17) is 10.5 Å². The summed E-state index contributed by atoms with van der Waals surface area (Å²) in [7, 11) is 0. The molecule has 4 heteroatoms. The third-order valence-corrected chi connectivity index (χ3v) is 2.06. The topological polar surface area (TPSA) is 53.1 Å². The minimum absolute atomic E-state index is 0.0654. The smallest absolute Gasteiger partial charge is 0.0537 e. The van der Waals surface area contributed by atoms with E-state index in [2.05, 4.69) is 5.10 Å². The van der Waals surface area contributed by atoms with Gasteiger partial charge in [0.25, 0.3) is 0 Å². The van der Waals surface area contributed by atoms with E-state index < -0.39 is 0 Å². The molecule has 0 saturated heterocycles. The average Bonchev–Trinajstić information content (AvgIpc) is 2.61. The Morgan fingerprint density at radius 1 is 1.64 bits per heavy atom. The highest BCUT2D eigenvalue weighted by molar-refractivity contribution is 5.07. The minimum Gasteiger partial charge on any atom is -0.382 e. The first-order valence-electron chi connectivity index (χ1n) is 5.09. The largest absolute Gasteiger partial charge is 0.382 e. The van der Waals surface area contributed by atoms with Crippen LogP contribution >= 0.6 is 0 Å². The molecular weight excluding hydrogens is 178 g/mol. The Hall–Kier alpha value is -0.870. The highest BCUT2D eigenvalue weighted by Gasteiger charge is 2.02. The lowest BCUT2D eigenvalue weighted by molar-refractivity contribution is 0.141. The number of nitrogens with zero attached hydrogens (tertiary/aromatic N) is 2. The molecule has 0 radical (unpaired) electrons. The van der Waals surface area contributed by atoms with Crippen LogP contribution in [-0.2, 0) is 11.3 Å². The molecule has 1 unspecified atom stereocenters. The van der Waals surface area contributed by atoms with Crippen LogP contribution < -0.4 is 5.73 Å². The molecule has 1 atom stereocenters. The molecule has 0 bridgehead atoms. The van der Waals surface area contributed by atoms with Crippen molar-refractivity contribution in [1.29, 1.82) is 0 Å². The number of aromatic nitrogens is 2. The minimum atomic E-state index is 0.0654. The van der Waals surface area contributed by atoms with E-state index in [1.807, 2.05) is 30.9 Å². The number of hydrogen-bond donors (Lipinski definition) is 1. The summed E-state index contributed by atoms with van der Waals surface area (Å²) in [4.78, 5) is 0. The van der Waals surface area contributed by atoms with Crippen molar-refractivity contribution in [1.82, 2.24) is 9.78 Å². The van der Waals surface area contributed by atoms with Gasteiger partial charge in [-0.15, -0.1) is 0 Å². The van der Waals surface area contributed by atoms with Crippen LogP contribution in [0.25, 0.3) is 0 Å². The molecule has 14 heavy (non-hydrogen) atoms. The average molecular weight is 197 g/mol. The molecule has 0 spiro atoms. The van der Waals surface area contributed by atoms with Crippen LogP contribution in [0, 0.1) is 0 Å². The molecule has 0 aliphatic rings. The van der Waals surface area contributed by atoms with Crippen LogP contribution in [0.2, 0.25) is 0 Å². The van der Waals surface area contributed by atoms with Gasteiger partial charge in [0.05, 0.1) is 6.20 Å². The third kappa shape index (κ3) is 3.47. The van der Waals surface area contributed by atoms with E-state index in [1.54, 1.807) is 0 Å². The van der Waals surface area contributed by atoms with Gasteiger partial charge in [0.2, 0.25) is 0 Å². The van der Waals surface area contributed by atoms with Crippen LogP contribution in [0.15, 0.2) is 12.4 Å². The molecule has 2 N–H and O–H groups in total. The predicted octanol–water partition coefficient (Wildman–Crippen LogP) is 1.33. The van der Waals surface area contributed by atoms with Gasteiger partial charge in [-0.1, -0.05) is 0 Å². The van der Waals surface area contributed by atoms with E-state index in [1.165, 1.54) is 0 Å². The van der Waals surface area contributed by atoms with Gasteiger partial charge in [0.1, 0.15) is 0 Å². The highest BCUT2D eigenvalue weighted by Crippen LogP contribution is 2.07. The predicted molar refractivity (Wildman–Crippen MR) is 55.9 cm³/mol. The monoisotopic (exact) mass is 197 g/mol. The molecular formula is C10H19N3O. The van der Waals surface area contributed by atoms with Crippen molar-refractivity contribution in [2.75, 3.05) is 13.2 Å². The Balaban J connectivity index is 2.29. The number of hydrogen-bond acceptors (Lipinski definition) is 3. The molecule has 1 aromatic heterocycles. The maximum absolute atomic E-state index is 5.73. The summed E-state index contributed by atoms with van der Waals surface area (Å²) >= 11 is 0. The molecule has 0 aromatic carbocycles. The third-order valence-electron chi connectivity index (χ3n) is 2.06. The van der Waals surface area contributed by atoms with Crippen molar-refractivity contribution in [3.8, 4) is 0 Å². The first-order chi connectivity index (χ1) is 6.74. The van der Waals surface area contributed by atoms with E-state index in [9.17, 15) is 0 Å². The zero-order chi connectivity index (χ0) is 10.4. The molecule has 1 aromatic rings. The van der Waals surface area contributed by atoms with Gasteiger partial charge in [-0.2, -0.15) is 5.10 Å². The second kappa shape index (κ2) is 5.78. The highest BCUT2D eigenvalue weighted by atomic mass is 16.5. The summed E-state index contributed by atoms with van der Waals surface area (Å²) in [5.74, 6) is 0. The van der Waals surface area contributed by atoms with Crippen LogP contribution in [0.4, 0.5) is 0 Å². The normalized spacial score (nSPS) is 13.1. The quantitative estimate of drug-likeness (QED) is 0.700.